The lowest BCUT2D eigenvalue weighted by atomic mass is 10.3. The van der Waals surface area contributed by atoms with E-state index in [-0.39, 0.29) is 6.17 Å². The maximum absolute atomic E-state index is 5.55. The molecule has 1 aromatic rings. The summed E-state index contributed by atoms with van der Waals surface area (Å²) in [4.78, 5) is 4.52. The fourth-order valence-electron chi connectivity index (χ4n) is 1.91. The summed E-state index contributed by atoms with van der Waals surface area (Å²) in [6.45, 7) is 2.15. The lowest BCUT2D eigenvalue weighted by Crippen LogP contribution is -2.25. The first-order valence-corrected chi connectivity index (χ1v) is 4.76. The Hall–Kier alpha value is -1.00. The van der Waals surface area contributed by atoms with Gasteiger partial charge in [-0.05, 0) is 20.2 Å². The SMILES string of the molecule is COc1ccc(C2N(C)CCN2C)o1. The average molecular weight is 196 g/mol. The molecule has 0 aromatic carbocycles. The number of hydrogen-bond donors (Lipinski definition) is 0. The molecule has 2 rings (SSSR count). The summed E-state index contributed by atoms with van der Waals surface area (Å²) in [6.07, 6.45) is 0.249. The van der Waals surface area contributed by atoms with Crippen molar-refractivity contribution in [2.45, 2.75) is 6.17 Å². The molecule has 1 saturated heterocycles. The highest BCUT2D eigenvalue weighted by Crippen LogP contribution is 2.30. The van der Waals surface area contributed by atoms with E-state index in [1.165, 1.54) is 0 Å². The maximum atomic E-state index is 5.55. The summed E-state index contributed by atoms with van der Waals surface area (Å²) in [6, 6.07) is 3.83. The van der Waals surface area contributed by atoms with E-state index in [0.29, 0.717) is 5.95 Å². The van der Waals surface area contributed by atoms with Crippen LogP contribution in [0.4, 0.5) is 0 Å². The van der Waals surface area contributed by atoms with Crippen LogP contribution in [0.15, 0.2) is 16.5 Å². The topological polar surface area (TPSA) is 28.9 Å². The average Bonchev–Trinajstić information content (AvgIpc) is 2.73. The minimum Gasteiger partial charge on any atom is -0.468 e. The first kappa shape index (κ1) is 9.55. The van der Waals surface area contributed by atoms with Crippen molar-refractivity contribution >= 4 is 0 Å². The molecule has 0 aliphatic carbocycles. The first-order chi connectivity index (χ1) is 6.72. The standard InChI is InChI=1S/C10H16N2O2/c1-11-6-7-12(2)10(11)8-4-5-9(13-3)14-8/h4-5,10H,6-7H2,1-3H3. The Labute approximate surface area is 84.0 Å². The quantitative estimate of drug-likeness (QED) is 0.710. The minimum atomic E-state index is 0.249. The van der Waals surface area contributed by atoms with Crippen LogP contribution in [0.25, 0.3) is 0 Å². The molecule has 1 aromatic heterocycles. The van der Waals surface area contributed by atoms with Crippen molar-refractivity contribution in [3.05, 3.63) is 17.9 Å². The van der Waals surface area contributed by atoms with Crippen molar-refractivity contribution in [2.75, 3.05) is 34.3 Å². The molecule has 14 heavy (non-hydrogen) atoms. The minimum absolute atomic E-state index is 0.249. The Bertz CT molecular complexity index is 301. The van der Waals surface area contributed by atoms with Gasteiger partial charge in [0.05, 0.1) is 7.11 Å². The fourth-order valence-corrected chi connectivity index (χ4v) is 1.91. The third-order valence-electron chi connectivity index (χ3n) is 2.70. The van der Waals surface area contributed by atoms with Crippen molar-refractivity contribution in [1.82, 2.24) is 9.80 Å². The molecule has 0 spiro atoms. The zero-order chi connectivity index (χ0) is 10.1. The van der Waals surface area contributed by atoms with Crippen LogP contribution in [0.2, 0.25) is 0 Å². The molecule has 0 atom stereocenters. The zero-order valence-electron chi connectivity index (χ0n) is 8.86. The van der Waals surface area contributed by atoms with Crippen LogP contribution >= 0.6 is 0 Å². The van der Waals surface area contributed by atoms with E-state index in [2.05, 4.69) is 23.9 Å². The second-order valence-corrected chi connectivity index (χ2v) is 3.70. The number of likely N-dealkylation sites (N-methyl/N-ethyl adjacent to an activating group) is 2. The van der Waals surface area contributed by atoms with Crippen molar-refractivity contribution < 1.29 is 9.15 Å². The predicted molar refractivity (Wildman–Crippen MR) is 53.3 cm³/mol. The van der Waals surface area contributed by atoms with Gasteiger partial charge in [-0.25, -0.2) is 0 Å². The summed E-state index contributed by atoms with van der Waals surface area (Å²) in [5.41, 5.74) is 0. The molecule has 0 unspecified atom stereocenters. The van der Waals surface area contributed by atoms with E-state index in [9.17, 15) is 0 Å². The van der Waals surface area contributed by atoms with Crippen LogP contribution in [0.1, 0.15) is 11.9 Å². The van der Waals surface area contributed by atoms with E-state index in [1.54, 1.807) is 7.11 Å². The monoisotopic (exact) mass is 196 g/mol. The van der Waals surface area contributed by atoms with Crippen LogP contribution in [0.5, 0.6) is 5.95 Å². The van der Waals surface area contributed by atoms with E-state index in [0.717, 1.165) is 18.8 Å². The van der Waals surface area contributed by atoms with Gasteiger partial charge in [0, 0.05) is 19.2 Å². The van der Waals surface area contributed by atoms with Gasteiger partial charge < -0.3 is 9.15 Å². The summed E-state index contributed by atoms with van der Waals surface area (Å²) < 4.78 is 10.6. The van der Waals surface area contributed by atoms with Gasteiger partial charge in [0.2, 0.25) is 0 Å². The molecule has 2 heterocycles. The van der Waals surface area contributed by atoms with Crippen molar-refractivity contribution in [3.63, 3.8) is 0 Å². The number of rotatable bonds is 2. The third-order valence-corrected chi connectivity index (χ3v) is 2.70. The zero-order valence-corrected chi connectivity index (χ0v) is 8.86. The smallest absolute Gasteiger partial charge is 0.284 e. The third kappa shape index (κ3) is 1.51. The summed E-state index contributed by atoms with van der Waals surface area (Å²) >= 11 is 0. The van der Waals surface area contributed by atoms with Crippen LogP contribution in [-0.4, -0.2) is 44.1 Å². The van der Waals surface area contributed by atoms with E-state index in [4.69, 9.17) is 9.15 Å². The largest absolute Gasteiger partial charge is 0.468 e. The Morgan fingerprint density at radius 1 is 1.29 bits per heavy atom. The normalized spacial score (nSPS) is 20.5. The van der Waals surface area contributed by atoms with Gasteiger partial charge in [-0.3, -0.25) is 9.80 Å². The van der Waals surface area contributed by atoms with Gasteiger partial charge in [0.25, 0.3) is 5.95 Å². The molecule has 0 saturated carbocycles. The molecule has 78 valence electrons. The Morgan fingerprint density at radius 2 is 1.93 bits per heavy atom. The highest BCUT2D eigenvalue weighted by molar-refractivity contribution is 5.15. The van der Waals surface area contributed by atoms with Gasteiger partial charge in [-0.15, -0.1) is 0 Å². The van der Waals surface area contributed by atoms with E-state index >= 15 is 0 Å². The van der Waals surface area contributed by atoms with E-state index < -0.39 is 0 Å². The molecule has 1 fully saturated rings. The molecule has 0 amide bonds. The second kappa shape index (κ2) is 3.63. The number of methoxy groups -OCH3 is 1. The molecular weight excluding hydrogens is 180 g/mol. The van der Waals surface area contributed by atoms with Crippen LogP contribution in [0.3, 0.4) is 0 Å². The van der Waals surface area contributed by atoms with Gasteiger partial charge in [0.15, 0.2) is 0 Å². The second-order valence-electron chi connectivity index (χ2n) is 3.70. The van der Waals surface area contributed by atoms with Gasteiger partial charge in [-0.1, -0.05) is 0 Å². The van der Waals surface area contributed by atoms with Gasteiger partial charge in [-0.2, -0.15) is 0 Å². The van der Waals surface area contributed by atoms with Gasteiger partial charge >= 0.3 is 0 Å². The summed E-state index contributed by atoms with van der Waals surface area (Å²) in [5.74, 6) is 1.53. The molecule has 1 aliphatic heterocycles. The lowest BCUT2D eigenvalue weighted by molar-refractivity contribution is 0.151. The lowest BCUT2D eigenvalue weighted by Gasteiger charge is -2.22. The highest BCUT2D eigenvalue weighted by atomic mass is 16.6. The molecule has 0 radical (unpaired) electrons. The van der Waals surface area contributed by atoms with Crippen molar-refractivity contribution in [2.24, 2.45) is 0 Å². The molecule has 0 bridgehead atoms. The summed E-state index contributed by atoms with van der Waals surface area (Å²) in [7, 11) is 5.82. The molecule has 0 N–H and O–H groups in total. The number of nitrogens with zero attached hydrogens (tertiary/aromatic N) is 2. The number of hydrogen-bond acceptors (Lipinski definition) is 4. The Morgan fingerprint density at radius 3 is 2.43 bits per heavy atom. The fraction of sp³-hybridized carbons (Fsp3) is 0.600. The van der Waals surface area contributed by atoms with Crippen LogP contribution in [0, 0.1) is 0 Å². The summed E-state index contributed by atoms with van der Waals surface area (Å²) in [5, 5.41) is 0. The van der Waals surface area contributed by atoms with Crippen molar-refractivity contribution in [1.29, 1.82) is 0 Å². The van der Waals surface area contributed by atoms with Crippen LogP contribution in [-0.2, 0) is 0 Å². The Balaban J connectivity index is 2.20. The molecule has 4 nitrogen and oxygen atoms in total. The molecule has 4 heteroatoms. The number of furan rings is 1. The van der Waals surface area contributed by atoms with Crippen molar-refractivity contribution in [3.8, 4) is 5.95 Å². The highest BCUT2D eigenvalue weighted by Gasteiger charge is 2.30. The molecule has 1 aliphatic rings. The molecular formula is C10H16N2O2. The maximum Gasteiger partial charge on any atom is 0.284 e. The van der Waals surface area contributed by atoms with Gasteiger partial charge in [0.1, 0.15) is 11.9 Å². The Kier molecular flexibility index (Phi) is 2.48. The van der Waals surface area contributed by atoms with E-state index in [1.807, 2.05) is 12.1 Å². The first-order valence-electron chi connectivity index (χ1n) is 4.76. The van der Waals surface area contributed by atoms with Crippen LogP contribution < -0.4 is 4.74 Å². The predicted octanol–water partition coefficient (Wildman–Crippen LogP) is 1.16. The number of ether oxygens (including phenoxy) is 1.